The number of nitrogens with one attached hydrogen (secondary N) is 1. The molecule has 2 aromatic heterocycles. The van der Waals surface area contributed by atoms with Gasteiger partial charge in [0.05, 0.1) is 18.3 Å². The molecular weight excluding hydrogens is 473 g/mol. The first-order valence-corrected chi connectivity index (χ1v) is 11.6. The Balaban J connectivity index is 0.000000633. The van der Waals surface area contributed by atoms with Crippen LogP contribution < -0.4 is 5.32 Å². The van der Waals surface area contributed by atoms with Crippen molar-refractivity contribution in [1.29, 1.82) is 0 Å². The van der Waals surface area contributed by atoms with Crippen molar-refractivity contribution in [3.63, 3.8) is 0 Å². The van der Waals surface area contributed by atoms with Gasteiger partial charge < -0.3 is 15.5 Å². The second-order valence-corrected chi connectivity index (χ2v) is 9.92. The van der Waals surface area contributed by atoms with Gasteiger partial charge in [0, 0.05) is 29.7 Å². The van der Waals surface area contributed by atoms with E-state index in [2.05, 4.69) is 36.2 Å². The fourth-order valence-corrected chi connectivity index (χ4v) is 4.05. The van der Waals surface area contributed by atoms with Crippen LogP contribution in [0.2, 0.25) is 0 Å². The second-order valence-electron chi connectivity index (χ2n) is 7.22. The molecule has 14 heteroatoms. The first kappa shape index (κ1) is 27.6. The van der Waals surface area contributed by atoms with E-state index in [0.29, 0.717) is 29.3 Å². The summed E-state index contributed by atoms with van der Waals surface area (Å²) in [5.41, 5.74) is 1.88. The molecule has 1 amide bonds. The van der Waals surface area contributed by atoms with E-state index >= 15 is 0 Å². The number of hydrogen-bond acceptors (Lipinski definition) is 7. The Morgan fingerprint density at radius 1 is 1.12 bits per heavy atom. The molecule has 2 rings (SSSR count). The number of amides is 1. The summed E-state index contributed by atoms with van der Waals surface area (Å²) in [6.07, 6.45) is -1.70. The van der Waals surface area contributed by atoms with E-state index in [1.807, 2.05) is 6.07 Å². The smallest absolute Gasteiger partial charge is 0.481 e. The van der Waals surface area contributed by atoms with Gasteiger partial charge in [-0.15, -0.1) is 0 Å². The van der Waals surface area contributed by atoms with Gasteiger partial charge in [-0.1, -0.05) is 42.4 Å². The third-order valence-corrected chi connectivity index (χ3v) is 6.02. The Morgan fingerprint density at radius 3 is 2.25 bits per heavy atom. The summed E-state index contributed by atoms with van der Waals surface area (Å²) in [6.45, 7) is 6.76. The van der Waals surface area contributed by atoms with Crippen molar-refractivity contribution in [3.05, 3.63) is 29.7 Å². The number of aliphatic carboxylic acids is 2. The summed E-state index contributed by atoms with van der Waals surface area (Å²) in [5.74, 6) is -2.49. The first-order valence-electron chi connectivity index (χ1n) is 9.13. The first-order chi connectivity index (χ1) is 14.7. The number of rotatable bonds is 8. The SMILES string of the molecule is CC(C)(C)c1ccnc2c(C(=O)NCCSSCCC(=O)O)cnn12.O=C(O)C(F)(F)F. The summed E-state index contributed by atoms with van der Waals surface area (Å²) in [4.78, 5) is 36.0. The maximum absolute atomic E-state index is 12.4. The number of halogens is 3. The molecule has 9 nitrogen and oxygen atoms in total. The van der Waals surface area contributed by atoms with Gasteiger partial charge in [0.1, 0.15) is 5.56 Å². The molecule has 0 aliphatic rings. The highest BCUT2D eigenvalue weighted by Crippen LogP contribution is 2.23. The highest BCUT2D eigenvalue weighted by Gasteiger charge is 2.38. The summed E-state index contributed by atoms with van der Waals surface area (Å²) >= 11 is 0. The minimum atomic E-state index is -5.08. The molecule has 0 unspecified atom stereocenters. The number of carboxylic acids is 2. The van der Waals surface area contributed by atoms with Gasteiger partial charge in [-0.3, -0.25) is 9.59 Å². The molecule has 2 heterocycles. The van der Waals surface area contributed by atoms with Gasteiger partial charge in [0.25, 0.3) is 5.91 Å². The van der Waals surface area contributed by atoms with Crippen molar-refractivity contribution in [2.75, 3.05) is 18.1 Å². The molecule has 32 heavy (non-hydrogen) atoms. The van der Waals surface area contributed by atoms with Crippen LogP contribution in [0, 0.1) is 0 Å². The van der Waals surface area contributed by atoms with Crippen LogP contribution >= 0.6 is 21.6 Å². The van der Waals surface area contributed by atoms with Crippen LogP contribution in [0.25, 0.3) is 5.65 Å². The Morgan fingerprint density at radius 2 is 1.72 bits per heavy atom. The quantitative estimate of drug-likeness (QED) is 0.372. The third kappa shape index (κ3) is 8.94. The number of aromatic nitrogens is 3. The Bertz CT molecular complexity index is 945. The molecular formula is C18H23F3N4O5S2. The van der Waals surface area contributed by atoms with Crippen molar-refractivity contribution in [1.82, 2.24) is 19.9 Å². The van der Waals surface area contributed by atoms with Crippen molar-refractivity contribution in [3.8, 4) is 0 Å². The third-order valence-electron chi connectivity index (χ3n) is 3.61. The van der Waals surface area contributed by atoms with Crippen molar-refractivity contribution in [2.24, 2.45) is 0 Å². The normalized spacial score (nSPS) is 11.6. The lowest BCUT2D eigenvalue weighted by molar-refractivity contribution is -0.192. The largest absolute Gasteiger partial charge is 0.490 e. The molecule has 178 valence electrons. The van der Waals surface area contributed by atoms with Gasteiger partial charge in [-0.05, 0) is 6.07 Å². The number of carboxylic acid groups (broad SMARTS) is 2. The lowest BCUT2D eigenvalue weighted by Gasteiger charge is -2.19. The monoisotopic (exact) mass is 496 g/mol. The molecule has 0 aliphatic carbocycles. The number of fused-ring (bicyclic) bond motifs is 1. The maximum atomic E-state index is 12.4. The molecule has 0 aliphatic heterocycles. The summed E-state index contributed by atoms with van der Waals surface area (Å²) in [5, 5.41) is 22.9. The van der Waals surface area contributed by atoms with E-state index in [0.717, 1.165) is 5.69 Å². The highest BCUT2D eigenvalue weighted by atomic mass is 33.1. The molecule has 0 spiro atoms. The fourth-order valence-electron chi connectivity index (χ4n) is 2.17. The number of carbonyl (C=O) groups excluding carboxylic acids is 1. The van der Waals surface area contributed by atoms with Gasteiger partial charge in [-0.2, -0.15) is 18.3 Å². The second kappa shape index (κ2) is 11.9. The number of hydrogen-bond donors (Lipinski definition) is 3. The van der Waals surface area contributed by atoms with E-state index in [4.69, 9.17) is 15.0 Å². The Kier molecular flexibility index (Phi) is 10.3. The maximum Gasteiger partial charge on any atom is 0.490 e. The predicted octanol–water partition coefficient (Wildman–Crippen LogP) is 3.25. The van der Waals surface area contributed by atoms with E-state index in [1.165, 1.54) is 10.8 Å². The predicted molar refractivity (Wildman–Crippen MR) is 115 cm³/mol. The zero-order chi connectivity index (χ0) is 24.5. The Labute approximate surface area is 189 Å². The van der Waals surface area contributed by atoms with E-state index in [1.54, 1.807) is 27.7 Å². The van der Waals surface area contributed by atoms with Crippen molar-refractivity contribution in [2.45, 2.75) is 38.8 Å². The average Bonchev–Trinajstić information content (AvgIpc) is 3.10. The lowest BCUT2D eigenvalue weighted by atomic mass is 9.92. The number of alkyl halides is 3. The van der Waals surface area contributed by atoms with E-state index in [9.17, 15) is 22.8 Å². The average molecular weight is 497 g/mol. The molecule has 3 N–H and O–H groups in total. The van der Waals surface area contributed by atoms with Gasteiger partial charge >= 0.3 is 18.1 Å². The zero-order valence-corrected chi connectivity index (χ0v) is 19.1. The van der Waals surface area contributed by atoms with Crippen LogP contribution in [0.5, 0.6) is 0 Å². The van der Waals surface area contributed by atoms with Gasteiger partial charge in [0.2, 0.25) is 0 Å². The van der Waals surface area contributed by atoms with Crippen LogP contribution in [-0.2, 0) is 15.0 Å². The number of nitrogens with zero attached hydrogens (tertiary/aromatic N) is 3. The van der Waals surface area contributed by atoms with Crippen molar-refractivity contribution >= 4 is 45.1 Å². The van der Waals surface area contributed by atoms with Crippen molar-refractivity contribution < 1.29 is 37.8 Å². The molecule has 0 atom stereocenters. The van der Waals surface area contributed by atoms with Gasteiger partial charge in [-0.25, -0.2) is 14.3 Å². The van der Waals surface area contributed by atoms with Crippen LogP contribution in [0.3, 0.4) is 0 Å². The molecule has 0 aromatic carbocycles. The molecule has 0 radical (unpaired) electrons. The van der Waals surface area contributed by atoms with Crippen LogP contribution in [0.15, 0.2) is 18.5 Å². The zero-order valence-electron chi connectivity index (χ0n) is 17.5. The Hall–Kier alpha value is -2.48. The van der Waals surface area contributed by atoms with E-state index in [-0.39, 0.29) is 17.7 Å². The summed E-state index contributed by atoms with van der Waals surface area (Å²) in [6, 6.07) is 1.91. The van der Waals surface area contributed by atoms with Crippen LogP contribution in [0.4, 0.5) is 13.2 Å². The summed E-state index contributed by atoms with van der Waals surface area (Å²) < 4.78 is 33.4. The topological polar surface area (TPSA) is 134 Å². The minimum absolute atomic E-state index is 0.106. The van der Waals surface area contributed by atoms with Crippen LogP contribution in [-0.4, -0.2) is 66.9 Å². The molecule has 0 saturated carbocycles. The highest BCUT2D eigenvalue weighted by molar-refractivity contribution is 8.76. The fraction of sp³-hybridized carbons (Fsp3) is 0.500. The molecule has 2 aromatic rings. The lowest BCUT2D eigenvalue weighted by Crippen LogP contribution is -2.25. The summed E-state index contributed by atoms with van der Waals surface area (Å²) in [7, 11) is 3.04. The molecule has 0 bridgehead atoms. The van der Waals surface area contributed by atoms with Gasteiger partial charge in [0.15, 0.2) is 5.65 Å². The molecule has 0 saturated heterocycles. The van der Waals surface area contributed by atoms with Crippen LogP contribution in [0.1, 0.15) is 43.2 Å². The molecule has 0 fully saturated rings. The minimum Gasteiger partial charge on any atom is -0.481 e. The standard InChI is InChI=1S/C16H22N4O3S2.C2HF3O2/c1-16(2,3)12-4-6-17-14-11(10-19-20(12)14)15(23)18-7-9-25-24-8-5-13(21)22;3-2(4,5)1(6)7/h4,6,10H,5,7-9H2,1-3H3,(H,18,23)(H,21,22);(H,6,7). The van der Waals surface area contributed by atoms with E-state index < -0.39 is 18.1 Å². The number of carbonyl (C=O) groups is 3.